The molecule has 1 aromatic carbocycles. The highest BCUT2D eigenvalue weighted by Crippen LogP contribution is 2.25. The highest BCUT2D eigenvalue weighted by atomic mass is 16.5. The van der Waals surface area contributed by atoms with Gasteiger partial charge in [0.05, 0.1) is 12.5 Å². The Morgan fingerprint density at radius 3 is 2.75 bits per heavy atom. The maximum atomic E-state index is 11.7. The van der Waals surface area contributed by atoms with E-state index in [2.05, 4.69) is 5.32 Å². The normalized spacial score (nSPS) is 22.4. The van der Waals surface area contributed by atoms with Crippen LogP contribution in [0.5, 0.6) is 5.75 Å². The van der Waals surface area contributed by atoms with Crippen molar-refractivity contribution < 1.29 is 14.6 Å². The standard InChI is InChI=1S/C16H23NO3/c1-2-20-16(19)13-6-8-14(9-7-13)17-11-12-4-3-5-15(18)10-12/h3-5,10,13-14,17-18H,2,6-9,11H2,1H3. The first-order chi connectivity index (χ1) is 9.69. The first kappa shape index (κ1) is 14.9. The van der Waals surface area contributed by atoms with E-state index in [9.17, 15) is 9.90 Å². The van der Waals surface area contributed by atoms with Gasteiger partial charge < -0.3 is 15.2 Å². The third-order valence-electron chi connectivity index (χ3n) is 3.85. The van der Waals surface area contributed by atoms with Crippen molar-refractivity contribution in [3.8, 4) is 5.75 Å². The molecule has 0 bridgehead atoms. The van der Waals surface area contributed by atoms with Gasteiger partial charge in [0.2, 0.25) is 0 Å². The van der Waals surface area contributed by atoms with E-state index in [0.717, 1.165) is 37.8 Å². The number of benzene rings is 1. The van der Waals surface area contributed by atoms with Crippen LogP contribution in [0.2, 0.25) is 0 Å². The first-order valence-electron chi connectivity index (χ1n) is 7.37. The smallest absolute Gasteiger partial charge is 0.308 e. The van der Waals surface area contributed by atoms with Crippen LogP contribution in [-0.4, -0.2) is 23.7 Å². The van der Waals surface area contributed by atoms with Gasteiger partial charge in [-0.15, -0.1) is 0 Å². The predicted octanol–water partition coefficient (Wildman–Crippen LogP) is 2.60. The Hall–Kier alpha value is -1.55. The van der Waals surface area contributed by atoms with Crippen molar-refractivity contribution in [2.45, 2.75) is 45.2 Å². The lowest BCUT2D eigenvalue weighted by atomic mass is 9.86. The number of esters is 1. The topological polar surface area (TPSA) is 58.6 Å². The second-order valence-corrected chi connectivity index (χ2v) is 5.35. The van der Waals surface area contributed by atoms with Crippen LogP contribution in [0.15, 0.2) is 24.3 Å². The zero-order valence-corrected chi connectivity index (χ0v) is 12.0. The Morgan fingerprint density at radius 2 is 2.10 bits per heavy atom. The number of carbonyl (C=O) groups excluding carboxylic acids is 1. The molecule has 0 amide bonds. The van der Waals surface area contributed by atoms with Gasteiger partial charge in [0, 0.05) is 12.6 Å². The number of phenolic OH excluding ortho intramolecular Hbond substituents is 1. The fourth-order valence-electron chi connectivity index (χ4n) is 2.72. The second-order valence-electron chi connectivity index (χ2n) is 5.35. The number of aromatic hydroxyl groups is 1. The summed E-state index contributed by atoms with van der Waals surface area (Å²) in [7, 11) is 0. The maximum absolute atomic E-state index is 11.7. The number of phenols is 1. The molecule has 4 heteroatoms. The number of hydrogen-bond acceptors (Lipinski definition) is 4. The lowest BCUT2D eigenvalue weighted by Crippen LogP contribution is -2.35. The zero-order valence-electron chi connectivity index (χ0n) is 12.0. The third kappa shape index (κ3) is 4.23. The van der Waals surface area contributed by atoms with Gasteiger partial charge in [-0.25, -0.2) is 0 Å². The Morgan fingerprint density at radius 1 is 1.35 bits per heavy atom. The summed E-state index contributed by atoms with van der Waals surface area (Å²) in [5.74, 6) is 0.336. The molecule has 0 atom stereocenters. The molecule has 4 nitrogen and oxygen atoms in total. The molecule has 0 radical (unpaired) electrons. The van der Waals surface area contributed by atoms with E-state index in [4.69, 9.17) is 4.74 Å². The van der Waals surface area contributed by atoms with Crippen LogP contribution in [0.25, 0.3) is 0 Å². The van der Waals surface area contributed by atoms with Crippen LogP contribution < -0.4 is 5.32 Å². The Labute approximate surface area is 120 Å². The van der Waals surface area contributed by atoms with Crippen molar-refractivity contribution in [3.05, 3.63) is 29.8 Å². The quantitative estimate of drug-likeness (QED) is 0.812. The van der Waals surface area contributed by atoms with Crippen molar-refractivity contribution in [3.63, 3.8) is 0 Å². The van der Waals surface area contributed by atoms with Crippen molar-refractivity contribution in [1.82, 2.24) is 5.32 Å². The molecule has 1 fully saturated rings. The molecule has 1 aliphatic rings. The molecule has 1 aromatic rings. The van der Waals surface area contributed by atoms with Crippen LogP contribution in [0.4, 0.5) is 0 Å². The summed E-state index contributed by atoms with van der Waals surface area (Å²) in [4.78, 5) is 11.7. The van der Waals surface area contributed by atoms with E-state index in [0.29, 0.717) is 18.4 Å². The van der Waals surface area contributed by atoms with E-state index >= 15 is 0 Å². The Kier molecular flexibility index (Phi) is 5.41. The molecule has 110 valence electrons. The summed E-state index contributed by atoms with van der Waals surface area (Å²) in [5, 5.41) is 12.9. The van der Waals surface area contributed by atoms with Crippen LogP contribution in [0.1, 0.15) is 38.2 Å². The van der Waals surface area contributed by atoms with E-state index in [1.165, 1.54) is 0 Å². The van der Waals surface area contributed by atoms with Crippen LogP contribution >= 0.6 is 0 Å². The average molecular weight is 277 g/mol. The molecule has 0 saturated heterocycles. The molecule has 20 heavy (non-hydrogen) atoms. The summed E-state index contributed by atoms with van der Waals surface area (Å²) >= 11 is 0. The number of carbonyl (C=O) groups is 1. The molecule has 0 spiro atoms. The predicted molar refractivity (Wildman–Crippen MR) is 77.3 cm³/mol. The van der Waals surface area contributed by atoms with Crippen LogP contribution in [-0.2, 0) is 16.1 Å². The molecule has 0 aromatic heterocycles. The van der Waals surface area contributed by atoms with Gasteiger partial charge in [-0.2, -0.15) is 0 Å². The van der Waals surface area contributed by atoms with E-state index in [1.54, 1.807) is 12.1 Å². The minimum Gasteiger partial charge on any atom is -0.508 e. The highest BCUT2D eigenvalue weighted by Gasteiger charge is 2.26. The summed E-state index contributed by atoms with van der Waals surface area (Å²) in [5.41, 5.74) is 1.08. The molecular formula is C16H23NO3. The molecule has 0 heterocycles. The van der Waals surface area contributed by atoms with Crippen molar-refractivity contribution in [2.75, 3.05) is 6.61 Å². The molecule has 0 aliphatic heterocycles. The number of nitrogens with one attached hydrogen (secondary N) is 1. The van der Waals surface area contributed by atoms with E-state index < -0.39 is 0 Å². The second kappa shape index (κ2) is 7.29. The van der Waals surface area contributed by atoms with Crippen molar-refractivity contribution in [2.24, 2.45) is 5.92 Å². The molecule has 1 saturated carbocycles. The largest absolute Gasteiger partial charge is 0.508 e. The maximum Gasteiger partial charge on any atom is 0.308 e. The van der Waals surface area contributed by atoms with Gasteiger partial charge in [0.1, 0.15) is 5.75 Å². The van der Waals surface area contributed by atoms with Gasteiger partial charge in [0.15, 0.2) is 0 Å². The number of ether oxygens (including phenoxy) is 1. The minimum atomic E-state index is -0.0427. The number of rotatable bonds is 5. The zero-order chi connectivity index (χ0) is 14.4. The molecular weight excluding hydrogens is 254 g/mol. The summed E-state index contributed by atoms with van der Waals surface area (Å²) in [6.45, 7) is 3.07. The van der Waals surface area contributed by atoms with E-state index in [1.807, 2.05) is 19.1 Å². The fraction of sp³-hybridized carbons (Fsp3) is 0.562. The SMILES string of the molecule is CCOC(=O)C1CCC(NCc2cccc(O)c2)CC1. The van der Waals surface area contributed by atoms with Crippen molar-refractivity contribution >= 4 is 5.97 Å². The first-order valence-corrected chi connectivity index (χ1v) is 7.37. The lowest BCUT2D eigenvalue weighted by Gasteiger charge is -2.28. The van der Waals surface area contributed by atoms with Gasteiger partial charge in [-0.1, -0.05) is 12.1 Å². The van der Waals surface area contributed by atoms with Gasteiger partial charge >= 0.3 is 5.97 Å². The van der Waals surface area contributed by atoms with Gasteiger partial charge in [-0.3, -0.25) is 4.79 Å². The van der Waals surface area contributed by atoms with Gasteiger partial charge in [0.25, 0.3) is 0 Å². The summed E-state index contributed by atoms with van der Waals surface area (Å²) in [6, 6.07) is 7.75. The van der Waals surface area contributed by atoms with Crippen LogP contribution in [0, 0.1) is 5.92 Å². The molecule has 1 aliphatic carbocycles. The molecule has 2 N–H and O–H groups in total. The highest BCUT2D eigenvalue weighted by molar-refractivity contribution is 5.72. The number of hydrogen-bond donors (Lipinski definition) is 2. The monoisotopic (exact) mass is 277 g/mol. The fourth-order valence-corrected chi connectivity index (χ4v) is 2.72. The van der Waals surface area contributed by atoms with E-state index in [-0.39, 0.29) is 11.9 Å². The van der Waals surface area contributed by atoms with Gasteiger partial charge in [-0.05, 0) is 50.3 Å². The minimum absolute atomic E-state index is 0.0427. The summed E-state index contributed by atoms with van der Waals surface area (Å²) in [6.07, 6.45) is 3.80. The van der Waals surface area contributed by atoms with Crippen molar-refractivity contribution in [1.29, 1.82) is 0 Å². The lowest BCUT2D eigenvalue weighted by molar-refractivity contribution is -0.149. The average Bonchev–Trinajstić information content (AvgIpc) is 2.46. The Balaban J connectivity index is 1.73. The molecule has 2 rings (SSSR count). The Bertz CT molecular complexity index is 439. The third-order valence-corrected chi connectivity index (χ3v) is 3.85. The van der Waals surface area contributed by atoms with Crippen LogP contribution in [0.3, 0.4) is 0 Å². The summed E-state index contributed by atoms with van der Waals surface area (Å²) < 4.78 is 5.07. The molecule has 0 unspecified atom stereocenters.